The average molecular weight is 341 g/mol. The van der Waals surface area contributed by atoms with E-state index in [1.165, 1.54) is 6.42 Å². The van der Waals surface area contributed by atoms with Gasteiger partial charge in [0.1, 0.15) is 0 Å². The Morgan fingerprint density at radius 1 is 1.36 bits per heavy atom. The molecular formula is C16H24N2O2S2. The van der Waals surface area contributed by atoms with Crippen LogP contribution in [0.5, 0.6) is 0 Å². The quantitative estimate of drug-likeness (QED) is 0.897. The molecule has 1 aromatic carbocycles. The number of benzene rings is 1. The zero-order valence-electron chi connectivity index (χ0n) is 13.4. The minimum absolute atomic E-state index is 0.0186. The Morgan fingerprint density at radius 2 is 2.05 bits per heavy atom. The molecule has 0 radical (unpaired) electrons. The lowest BCUT2D eigenvalue weighted by Gasteiger charge is -2.21. The molecule has 0 bridgehead atoms. The summed E-state index contributed by atoms with van der Waals surface area (Å²) in [5, 5.41) is 3.80. The van der Waals surface area contributed by atoms with E-state index in [9.17, 15) is 9.00 Å². The van der Waals surface area contributed by atoms with E-state index in [4.69, 9.17) is 0 Å². The van der Waals surface area contributed by atoms with E-state index in [0.29, 0.717) is 17.8 Å². The fourth-order valence-electron chi connectivity index (χ4n) is 2.70. The van der Waals surface area contributed by atoms with Gasteiger partial charge in [0.25, 0.3) is 0 Å². The Labute approximate surface area is 139 Å². The summed E-state index contributed by atoms with van der Waals surface area (Å²) in [5.41, 5.74) is 1.04. The maximum absolute atomic E-state index is 12.2. The summed E-state index contributed by atoms with van der Waals surface area (Å²) < 4.78 is 11.4. The lowest BCUT2D eigenvalue weighted by molar-refractivity contribution is 0.203. The zero-order chi connectivity index (χ0) is 16.1. The predicted molar refractivity (Wildman–Crippen MR) is 93.7 cm³/mol. The van der Waals surface area contributed by atoms with Gasteiger partial charge in [0.2, 0.25) is 0 Å². The second kappa shape index (κ2) is 8.02. The van der Waals surface area contributed by atoms with Gasteiger partial charge in [-0.05, 0) is 43.2 Å². The van der Waals surface area contributed by atoms with E-state index in [0.717, 1.165) is 23.3 Å². The number of nitrogens with zero attached hydrogens (tertiary/aromatic N) is 1. The third-order valence-corrected chi connectivity index (χ3v) is 6.10. The monoisotopic (exact) mass is 340 g/mol. The normalized spacial score (nSPS) is 22.3. The molecular weight excluding hydrogens is 316 g/mol. The van der Waals surface area contributed by atoms with Crippen LogP contribution in [0.1, 0.15) is 24.8 Å². The number of urea groups is 1. The summed E-state index contributed by atoms with van der Waals surface area (Å²) in [5.74, 6) is 0. The van der Waals surface area contributed by atoms with Crippen LogP contribution in [0.2, 0.25) is 0 Å². The zero-order valence-corrected chi connectivity index (χ0v) is 15.0. The van der Waals surface area contributed by atoms with Crippen molar-refractivity contribution in [1.29, 1.82) is 0 Å². The molecule has 0 aromatic heterocycles. The third-order valence-electron chi connectivity index (χ3n) is 4.07. The number of hydrogen-bond donors (Lipinski definition) is 1. The molecule has 2 rings (SSSR count). The summed E-state index contributed by atoms with van der Waals surface area (Å²) in [6.07, 6.45) is 7.12. The van der Waals surface area contributed by atoms with E-state index in [1.54, 1.807) is 11.2 Å². The number of amides is 2. The van der Waals surface area contributed by atoms with E-state index in [1.807, 2.05) is 43.1 Å². The van der Waals surface area contributed by atoms with E-state index in [2.05, 4.69) is 11.6 Å². The van der Waals surface area contributed by atoms with Crippen molar-refractivity contribution in [3.8, 4) is 0 Å². The smallest absolute Gasteiger partial charge is 0.317 e. The van der Waals surface area contributed by atoms with Crippen LogP contribution < -0.4 is 5.32 Å². The van der Waals surface area contributed by atoms with Crippen LogP contribution in [-0.2, 0) is 17.3 Å². The fourth-order valence-corrected chi connectivity index (χ4v) is 4.02. The van der Waals surface area contributed by atoms with Crippen molar-refractivity contribution in [2.75, 3.05) is 19.6 Å². The molecule has 2 amide bonds. The van der Waals surface area contributed by atoms with Crippen LogP contribution in [0.3, 0.4) is 0 Å². The SMILES string of the molecule is CSC1CCC(NC(=O)N(C)Cc2ccc(S(C)=O)cc2)C1. The van der Waals surface area contributed by atoms with Crippen molar-refractivity contribution < 1.29 is 9.00 Å². The Morgan fingerprint density at radius 3 is 2.59 bits per heavy atom. The molecule has 6 heteroatoms. The van der Waals surface area contributed by atoms with Gasteiger partial charge in [-0.1, -0.05) is 12.1 Å². The van der Waals surface area contributed by atoms with Gasteiger partial charge >= 0.3 is 6.03 Å². The van der Waals surface area contributed by atoms with Crippen molar-refractivity contribution in [2.24, 2.45) is 0 Å². The maximum Gasteiger partial charge on any atom is 0.317 e. The predicted octanol–water partition coefficient (Wildman–Crippen LogP) is 2.85. The highest BCUT2D eigenvalue weighted by atomic mass is 32.2. The van der Waals surface area contributed by atoms with E-state index in [-0.39, 0.29) is 6.03 Å². The number of hydrogen-bond acceptors (Lipinski definition) is 3. The Kier molecular flexibility index (Phi) is 6.32. The molecule has 1 N–H and O–H groups in total. The molecule has 1 fully saturated rings. The summed E-state index contributed by atoms with van der Waals surface area (Å²) in [6, 6.07) is 7.86. The van der Waals surface area contributed by atoms with Crippen LogP contribution in [0, 0.1) is 0 Å². The van der Waals surface area contributed by atoms with Crippen LogP contribution >= 0.6 is 11.8 Å². The maximum atomic E-state index is 12.2. The Hall–Kier alpha value is -1.01. The first-order chi connectivity index (χ1) is 10.5. The van der Waals surface area contributed by atoms with Gasteiger partial charge in [-0.3, -0.25) is 4.21 Å². The van der Waals surface area contributed by atoms with Gasteiger partial charge in [0.05, 0.1) is 0 Å². The molecule has 4 nitrogen and oxygen atoms in total. The van der Waals surface area contributed by atoms with Gasteiger partial charge in [-0.2, -0.15) is 11.8 Å². The van der Waals surface area contributed by atoms with Crippen molar-refractivity contribution in [1.82, 2.24) is 10.2 Å². The van der Waals surface area contributed by atoms with Crippen molar-refractivity contribution >= 4 is 28.6 Å². The number of rotatable bonds is 5. The molecule has 0 aliphatic heterocycles. The van der Waals surface area contributed by atoms with Crippen molar-refractivity contribution in [2.45, 2.75) is 42.0 Å². The summed E-state index contributed by atoms with van der Waals surface area (Å²) >= 11 is 1.89. The lowest BCUT2D eigenvalue weighted by atomic mass is 10.2. The van der Waals surface area contributed by atoms with Gasteiger partial charge in [0.15, 0.2) is 0 Å². The molecule has 1 aliphatic rings. The first-order valence-electron chi connectivity index (χ1n) is 7.46. The molecule has 0 spiro atoms. The van der Waals surface area contributed by atoms with Gasteiger partial charge in [-0.25, -0.2) is 4.79 Å². The van der Waals surface area contributed by atoms with Crippen LogP contribution in [0.15, 0.2) is 29.2 Å². The van der Waals surface area contributed by atoms with E-state index >= 15 is 0 Å². The Balaban J connectivity index is 1.84. The molecule has 122 valence electrons. The van der Waals surface area contributed by atoms with Gasteiger partial charge in [0, 0.05) is 46.8 Å². The van der Waals surface area contributed by atoms with Crippen LogP contribution in [0.25, 0.3) is 0 Å². The largest absolute Gasteiger partial charge is 0.335 e. The number of thioether (sulfide) groups is 1. The van der Waals surface area contributed by atoms with Crippen LogP contribution in [-0.4, -0.2) is 46.0 Å². The second-order valence-electron chi connectivity index (χ2n) is 5.77. The number of carbonyl (C=O) groups is 1. The standard InChI is InChI=1S/C16H24N2O2S2/c1-18(11-12-4-8-15(9-5-12)22(3)20)16(19)17-13-6-7-14(10-13)21-2/h4-5,8-9,13-14H,6-7,10-11H2,1-3H3,(H,17,19). The van der Waals surface area contributed by atoms with Crippen molar-refractivity contribution in [3.05, 3.63) is 29.8 Å². The first kappa shape index (κ1) is 17.3. The van der Waals surface area contributed by atoms with Crippen LogP contribution in [0.4, 0.5) is 4.79 Å². The summed E-state index contributed by atoms with van der Waals surface area (Å²) in [7, 11) is 0.846. The molecule has 1 saturated carbocycles. The highest BCUT2D eigenvalue weighted by Crippen LogP contribution is 2.28. The topological polar surface area (TPSA) is 49.4 Å². The Bertz CT molecular complexity index is 533. The van der Waals surface area contributed by atoms with E-state index < -0.39 is 10.8 Å². The fraction of sp³-hybridized carbons (Fsp3) is 0.562. The number of nitrogens with one attached hydrogen (secondary N) is 1. The first-order valence-corrected chi connectivity index (χ1v) is 10.3. The minimum Gasteiger partial charge on any atom is -0.335 e. The molecule has 0 saturated heterocycles. The third kappa shape index (κ3) is 4.74. The molecule has 3 unspecified atom stereocenters. The molecule has 0 heterocycles. The van der Waals surface area contributed by atoms with Crippen molar-refractivity contribution in [3.63, 3.8) is 0 Å². The molecule has 3 atom stereocenters. The molecule has 22 heavy (non-hydrogen) atoms. The van der Waals surface area contributed by atoms with Gasteiger partial charge < -0.3 is 10.2 Å². The minimum atomic E-state index is -0.961. The highest BCUT2D eigenvalue weighted by molar-refractivity contribution is 7.99. The molecule has 1 aromatic rings. The summed E-state index contributed by atoms with van der Waals surface area (Å²) in [6.45, 7) is 0.557. The lowest BCUT2D eigenvalue weighted by Crippen LogP contribution is -2.41. The highest BCUT2D eigenvalue weighted by Gasteiger charge is 2.25. The average Bonchev–Trinajstić information content (AvgIpc) is 2.95. The summed E-state index contributed by atoms with van der Waals surface area (Å²) in [4.78, 5) is 14.7. The molecule has 1 aliphatic carbocycles. The second-order valence-corrected chi connectivity index (χ2v) is 8.29. The van der Waals surface area contributed by atoms with Gasteiger partial charge in [-0.15, -0.1) is 0 Å². The number of carbonyl (C=O) groups excluding carboxylic acids is 1.